The maximum Gasteiger partial charge on any atom is 0.127 e. The number of thiophene rings is 1. The molecule has 1 atom stereocenters. The van der Waals surface area contributed by atoms with Crippen LogP contribution in [0.15, 0.2) is 24.3 Å². The molecule has 1 aromatic carbocycles. The van der Waals surface area contributed by atoms with Crippen LogP contribution >= 0.6 is 22.9 Å². The number of fused-ring (bicyclic) bond motifs is 1. The molecule has 0 amide bonds. The van der Waals surface area contributed by atoms with Crippen LogP contribution in [0.25, 0.3) is 0 Å². The molecule has 2 N–H and O–H groups in total. The van der Waals surface area contributed by atoms with Gasteiger partial charge < -0.3 is 5.73 Å². The van der Waals surface area contributed by atoms with E-state index in [-0.39, 0.29) is 11.9 Å². The van der Waals surface area contributed by atoms with E-state index in [0.717, 1.165) is 6.42 Å². The molecule has 0 fully saturated rings. The third-order valence-electron chi connectivity index (χ3n) is 4.09. The summed E-state index contributed by atoms with van der Waals surface area (Å²) >= 11 is 7.60. The molecular formula is C17H19ClFNS. The van der Waals surface area contributed by atoms with Gasteiger partial charge in [0, 0.05) is 20.8 Å². The van der Waals surface area contributed by atoms with Gasteiger partial charge in [0.05, 0.1) is 0 Å². The summed E-state index contributed by atoms with van der Waals surface area (Å²) in [5.74, 6) is -0.268. The van der Waals surface area contributed by atoms with E-state index in [2.05, 4.69) is 6.07 Å². The van der Waals surface area contributed by atoms with E-state index in [0.29, 0.717) is 17.0 Å². The average Bonchev–Trinajstić information content (AvgIpc) is 2.73. The molecule has 1 aromatic heterocycles. The summed E-state index contributed by atoms with van der Waals surface area (Å²) in [4.78, 5) is 2.66. The van der Waals surface area contributed by atoms with Gasteiger partial charge in [0.15, 0.2) is 0 Å². The van der Waals surface area contributed by atoms with Crippen LogP contribution in [-0.4, -0.2) is 0 Å². The van der Waals surface area contributed by atoms with Gasteiger partial charge in [-0.2, -0.15) is 0 Å². The molecule has 1 aliphatic carbocycles. The van der Waals surface area contributed by atoms with Crippen LogP contribution in [0.5, 0.6) is 0 Å². The fourth-order valence-corrected chi connectivity index (χ4v) is 4.32. The van der Waals surface area contributed by atoms with Crippen molar-refractivity contribution in [1.82, 2.24) is 0 Å². The lowest BCUT2D eigenvalue weighted by molar-refractivity contribution is 0.595. The van der Waals surface area contributed by atoms with E-state index in [9.17, 15) is 4.39 Å². The monoisotopic (exact) mass is 323 g/mol. The molecule has 1 unspecified atom stereocenters. The number of halogens is 2. The van der Waals surface area contributed by atoms with E-state index in [1.165, 1.54) is 47.1 Å². The first-order valence-electron chi connectivity index (χ1n) is 7.44. The standard InChI is InChI=1S/C17H19ClFNS/c18-13-7-6-11(14(19)10-13)8-15(20)17-9-12-4-2-1-3-5-16(12)21-17/h6-7,9-10,15H,1-5,8,20H2. The minimum atomic E-state index is -0.268. The quantitative estimate of drug-likeness (QED) is 0.786. The Labute approximate surface area is 133 Å². The Kier molecular flexibility index (Phi) is 4.63. The molecule has 1 nitrogen and oxygen atoms in total. The largest absolute Gasteiger partial charge is 0.323 e. The van der Waals surface area contributed by atoms with Gasteiger partial charge in [-0.25, -0.2) is 4.39 Å². The fourth-order valence-electron chi connectivity index (χ4n) is 2.90. The number of hydrogen-bond acceptors (Lipinski definition) is 2. The number of nitrogens with two attached hydrogens (primary N) is 1. The fraction of sp³-hybridized carbons (Fsp3) is 0.412. The van der Waals surface area contributed by atoms with Crippen molar-refractivity contribution in [3.63, 3.8) is 0 Å². The van der Waals surface area contributed by atoms with Gasteiger partial charge >= 0.3 is 0 Å². The van der Waals surface area contributed by atoms with Crippen molar-refractivity contribution in [3.05, 3.63) is 56.0 Å². The van der Waals surface area contributed by atoms with Crippen molar-refractivity contribution in [2.45, 2.75) is 44.6 Å². The van der Waals surface area contributed by atoms with Gasteiger partial charge in [0.2, 0.25) is 0 Å². The van der Waals surface area contributed by atoms with Gasteiger partial charge in [-0.15, -0.1) is 11.3 Å². The molecule has 0 aliphatic heterocycles. The molecule has 2 aromatic rings. The molecule has 0 radical (unpaired) electrons. The lowest BCUT2D eigenvalue weighted by Gasteiger charge is -2.10. The molecule has 1 heterocycles. The van der Waals surface area contributed by atoms with Crippen LogP contribution in [0, 0.1) is 5.82 Å². The van der Waals surface area contributed by atoms with Gasteiger partial charge in [-0.1, -0.05) is 24.1 Å². The maximum atomic E-state index is 13.9. The highest BCUT2D eigenvalue weighted by Gasteiger charge is 2.17. The van der Waals surface area contributed by atoms with Crippen LogP contribution in [0.1, 0.15) is 46.2 Å². The summed E-state index contributed by atoms with van der Waals surface area (Å²) in [6, 6.07) is 6.90. The Morgan fingerprint density at radius 2 is 2.00 bits per heavy atom. The third kappa shape index (κ3) is 3.47. The Morgan fingerprint density at radius 3 is 2.81 bits per heavy atom. The first kappa shape index (κ1) is 15.0. The van der Waals surface area contributed by atoms with Crippen molar-refractivity contribution < 1.29 is 4.39 Å². The van der Waals surface area contributed by atoms with E-state index >= 15 is 0 Å². The molecular weight excluding hydrogens is 305 g/mol. The molecule has 0 saturated heterocycles. The lowest BCUT2D eigenvalue weighted by Crippen LogP contribution is -2.12. The number of rotatable bonds is 3. The molecule has 0 bridgehead atoms. The minimum absolute atomic E-state index is 0.141. The minimum Gasteiger partial charge on any atom is -0.323 e. The molecule has 112 valence electrons. The molecule has 0 saturated carbocycles. The Balaban J connectivity index is 1.77. The van der Waals surface area contributed by atoms with Crippen LogP contribution < -0.4 is 5.73 Å². The molecule has 4 heteroatoms. The Morgan fingerprint density at radius 1 is 1.19 bits per heavy atom. The number of aryl methyl sites for hydroxylation is 2. The van der Waals surface area contributed by atoms with Gasteiger partial charge in [-0.3, -0.25) is 0 Å². The maximum absolute atomic E-state index is 13.9. The van der Waals surface area contributed by atoms with Crippen LogP contribution in [-0.2, 0) is 19.3 Å². The van der Waals surface area contributed by atoms with E-state index in [1.807, 2.05) is 11.3 Å². The summed E-state index contributed by atoms with van der Waals surface area (Å²) in [6.45, 7) is 0. The van der Waals surface area contributed by atoms with Gasteiger partial charge in [0.1, 0.15) is 5.82 Å². The predicted octanol–water partition coefficient (Wildman–Crippen LogP) is 5.05. The smallest absolute Gasteiger partial charge is 0.127 e. The summed E-state index contributed by atoms with van der Waals surface area (Å²) in [7, 11) is 0. The second kappa shape index (κ2) is 6.47. The second-order valence-electron chi connectivity index (χ2n) is 5.70. The van der Waals surface area contributed by atoms with Gasteiger partial charge in [0.25, 0.3) is 0 Å². The molecule has 3 rings (SSSR count). The van der Waals surface area contributed by atoms with E-state index in [4.69, 9.17) is 17.3 Å². The van der Waals surface area contributed by atoms with Crippen molar-refractivity contribution in [2.75, 3.05) is 0 Å². The van der Waals surface area contributed by atoms with Crippen LogP contribution in [0.3, 0.4) is 0 Å². The summed E-state index contributed by atoms with van der Waals surface area (Å²) < 4.78 is 13.9. The Hall–Kier alpha value is -0.900. The van der Waals surface area contributed by atoms with Crippen molar-refractivity contribution in [1.29, 1.82) is 0 Å². The molecule has 21 heavy (non-hydrogen) atoms. The molecule has 0 spiro atoms. The van der Waals surface area contributed by atoms with Crippen molar-refractivity contribution >= 4 is 22.9 Å². The number of hydrogen-bond donors (Lipinski definition) is 1. The van der Waals surface area contributed by atoms with Gasteiger partial charge in [-0.05, 0) is 61.4 Å². The van der Waals surface area contributed by atoms with Crippen molar-refractivity contribution in [2.24, 2.45) is 5.73 Å². The second-order valence-corrected chi connectivity index (χ2v) is 7.31. The Bertz CT molecular complexity index is 614. The lowest BCUT2D eigenvalue weighted by atomic mass is 10.0. The highest BCUT2D eigenvalue weighted by atomic mass is 35.5. The molecule has 1 aliphatic rings. The van der Waals surface area contributed by atoms with Crippen LogP contribution in [0.4, 0.5) is 4.39 Å². The zero-order chi connectivity index (χ0) is 14.8. The van der Waals surface area contributed by atoms with E-state index < -0.39 is 0 Å². The zero-order valence-corrected chi connectivity index (χ0v) is 13.4. The highest BCUT2D eigenvalue weighted by Crippen LogP contribution is 2.33. The SMILES string of the molecule is NC(Cc1ccc(Cl)cc1F)c1cc2c(s1)CCCCC2. The van der Waals surface area contributed by atoms with Crippen LogP contribution in [0.2, 0.25) is 5.02 Å². The summed E-state index contributed by atoms with van der Waals surface area (Å²) in [5.41, 5.74) is 8.39. The predicted molar refractivity (Wildman–Crippen MR) is 87.6 cm³/mol. The number of benzene rings is 1. The normalized spacial score (nSPS) is 16.3. The third-order valence-corrected chi connectivity index (χ3v) is 5.69. The van der Waals surface area contributed by atoms with E-state index in [1.54, 1.807) is 12.1 Å². The van der Waals surface area contributed by atoms with Crippen molar-refractivity contribution in [3.8, 4) is 0 Å². The summed E-state index contributed by atoms with van der Waals surface area (Å²) in [5, 5.41) is 0.424. The summed E-state index contributed by atoms with van der Waals surface area (Å²) in [6.07, 6.45) is 6.70. The highest BCUT2D eigenvalue weighted by molar-refractivity contribution is 7.12. The first-order chi connectivity index (χ1) is 10.1. The topological polar surface area (TPSA) is 26.0 Å². The zero-order valence-electron chi connectivity index (χ0n) is 11.9. The average molecular weight is 324 g/mol. The first-order valence-corrected chi connectivity index (χ1v) is 8.64.